The van der Waals surface area contributed by atoms with E-state index in [4.69, 9.17) is 0 Å². The van der Waals surface area contributed by atoms with Crippen LogP contribution in [0.5, 0.6) is 0 Å². The molecule has 1 heterocycles. The van der Waals surface area contributed by atoms with Gasteiger partial charge >= 0.3 is 0 Å². The van der Waals surface area contributed by atoms with Gasteiger partial charge in [-0.3, -0.25) is 15.1 Å². The van der Waals surface area contributed by atoms with Crippen LogP contribution in [0.4, 0.5) is 11.4 Å². The van der Waals surface area contributed by atoms with Crippen molar-refractivity contribution in [2.45, 2.75) is 0 Å². The summed E-state index contributed by atoms with van der Waals surface area (Å²) in [5, 5.41) is 11.7. The molecule has 1 aliphatic rings. The van der Waals surface area contributed by atoms with Crippen molar-refractivity contribution in [1.29, 1.82) is 0 Å². The number of nitro groups is 1. The van der Waals surface area contributed by atoms with Crippen molar-refractivity contribution in [2.24, 2.45) is 4.99 Å². The van der Waals surface area contributed by atoms with E-state index >= 15 is 0 Å². The molecule has 1 aromatic carbocycles. The number of non-ortho nitro benzene ring substituents is 1. The normalized spacial score (nSPS) is 15.6. The van der Waals surface area contributed by atoms with Crippen LogP contribution in [0.25, 0.3) is 0 Å². The quantitative estimate of drug-likeness (QED) is 0.241. The fourth-order valence-corrected chi connectivity index (χ4v) is 2.93. The van der Waals surface area contributed by atoms with Crippen molar-refractivity contribution in [3.63, 3.8) is 0 Å². The van der Waals surface area contributed by atoms with Crippen LogP contribution in [0.1, 0.15) is 0 Å². The lowest BCUT2D eigenvalue weighted by molar-refractivity contribution is -0.384. The molecule has 0 unspecified atom stereocenters. The molecule has 1 fully saturated rings. The minimum atomic E-state index is -0.371. The average molecular weight is 422 g/mol. The van der Waals surface area contributed by atoms with Crippen LogP contribution >= 0.6 is 35.7 Å². The lowest BCUT2D eigenvalue weighted by Gasteiger charge is -2.37. The second kappa shape index (κ2) is 8.42. The fraction of sp³-hybridized carbons (Fsp3) is 0.462. The third-order valence-corrected chi connectivity index (χ3v) is 4.16. The Hall–Kier alpha value is -1.03. The molecule has 0 bridgehead atoms. The summed E-state index contributed by atoms with van der Waals surface area (Å²) in [4.78, 5) is 19.1. The topological polar surface area (TPSA) is 62.0 Å². The van der Waals surface area contributed by atoms with Crippen molar-refractivity contribution in [3.05, 3.63) is 34.4 Å². The Kier molecular flexibility index (Phi) is 7.23. The number of anilines is 1. The van der Waals surface area contributed by atoms with Crippen LogP contribution in [0, 0.1) is 10.1 Å². The minimum Gasteiger partial charge on any atom is -0.368 e. The van der Waals surface area contributed by atoms with E-state index in [1.807, 2.05) is 25.4 Å². The molecule has 1 saturated heterocycles. The zero-order chi connectivity index (χ0) is 14.5. The number of hydrogen-bond donors (Lipinski definition) is 0. The maximum absolute atomic E-state index is 10.6. The monoisotopic (exact) mass is 422 g/mol. The molecule has 0 saturated carbocycles. The number of hydrogen-bond acceptors (Lipinski definition) is 5. The van der Waals surface area contributed by atoms with Crippen molar-refractivity contribution in [1.82, 2.24) is 4.90 Å². The molecule has 0 atom stereocenters. The molecule has 1 aromatic rings. The van der Waals surface area contributed by atoms with Gasteiger partial charge in [-0.15, -0.1) is 24.0 Å². The largest absolute Gasteiger partial charge is 0.368 e. The molecule has 0 spiro atoms. The highest BCUT2D eigenvalue weighted by molar-refractivity contribution is 14.0. The molecule has 0 aliphatic carbocycles. The standard InChI is InChI=1S/C13H18N4O2S.HI/c1-14-13(20-2)16-9-7-15(8-10-16)11-3-5-12(6-4-11)17(18)19;/h3-6H,7-10H2,1-2H3;1H. The molecule has 116 valence electrons. The van der Waals surface area contributed by atoms with E-state index < -0.39 is 0 Å². The first-order valence-corrected chi connectivity index (χ1v) is 7.63. The van der Waals surface area contributed by atoms with Gasteiger partial charge in [0, 0.05) is 51.0 Å². The minimum absolute atomic E-state index is 0. The van der Waals surface area contributed by atoms with Gasteiger partial charge in [-0.2, -0.15) is 0 Å². The van der Waals surface area contributed by atoms with Gasteiger partial charge in [-0.1, -0.05) is 11.8 Å². The van der Waals surface area contributed by atoms with Crippen LogP contribution < -0.4 is 4.90 Å². The van der Waals surface area contributed by atoms with Crippen LogP contribution in [0.2, 0.25) is 0 Å². The first-order chi connectivity index (χ1) is 9.65. The van der Waals surface area contributed by atoms with E-state index in [1.54, 1.807) is 23.9 Å². The maximum atomic E-state index is 10.6. The summed E-state index contributed by atoms with van der Waals surface area (Å²) in [5.74, 6) is 0. The highest BCUT2D eigenvalue weighted by Gasteiger charge is 2.19. The number of rotatable bonds is 2. The Morgan fingerprint density at radius 2 is 1.81 bits per heavy atom. The van der Waals surface area contributed by atoms with Crippen molar-refractivity contribution in [3.8, 4) is 0 Å². The lowest BCUT2D eigenvalue weighted by atomic mass is 10.2. The first kappa shape index (κ1) is 18.0. The molecule has 0 aromatic heterocycles. The molecule has 0 amide bonds. The zero-order valence-electron chi connectivity index (χ0n) is 12.1. The number of halogens is 1. The van der Waals surface area contributed by atoms with Crippen LogP contribution in [0.3, 0.4) is 0 Å². The third-order valence-electron chi connectivity index (χ3n) is 3.35. The molecule has 0 radical (unpaired) electrons. The smallest absolute Gasteiger partial charge is 0.269 e. The van der Waals surface area contributed by atoms with E-state index in [0.717, 1.165) is 37.0 Å². The van der Waals surface area contributed by atoms with Crippen molar-refractivity contribution < 1.29 is 4.92 Å². The molecule has 0 N–H and O–H groups in total. The fourth-order valence-electron chi connectivity index (χ4n) is 2.30. The van der Waals surface area contributed by atoms with Crippen molar-refractivity contribution in [2.75, 3.05) is 44.4 Å². The summed E-state index contributed by atoms with van der Waals surface area (Å²) in [6.07, 6.45) is 2.03. The Morgan fingerprint density at radius 3 is 2.24 bits per heavy atom. The predicted molar refractivity (Wildman–Crippen MR) is 99.2 cm³/mol. The van der Waals surface area contributed by atoms with Gasteiger partial charge in [-0.05, 0) is 18.4 Å². The summed E-state index contributed by atoms with van der Waals surface area (Å²) >= 11 is 1.66. The lowest BCUT2D eigenvalue weighted by Crippen LogP contribution is -2.48. The third kappa shape index (κ3) is 4.47. The highest BCUT2D eigenvalue weighted by Crippen LogP contribution is 2.21. The number of piperazine rings is 1. The molecule has 8 heteroatoms. The van der Waals surface area contributed by atoms with Gasteiger partial charge in [0.2, 0.25) is 0 Å². The van der Waals surface area contributed by atoms with Gasteiger partial charge in [0.25, 0.3) is 5.69 Å². The molecule has 21 heavy (non-hydrogen) atoms. The summed E-state index contributed by atoms with van der Waals surface area (Å²) in [6.45, 7) is 3.64. The molecule has 1 aliphatic heterocycles. The van der Waals surface area contributed by atoms with Gasteiger partial charge < -0.3 is 9.80 Å². The second-order valence-corrected chi connectivity index (χ2v) is 5.23. The first-order valence-electron chi connectivity index (χ1n) is 6.41. The summed E-state index contributed by atoms with van der Waals surface area (Å²) in [6, 6.07) is 6.75. The summed E-state index contributed by atoms with van der Waals surface area (Å²) in [7, 11) is 1.81. The van der Waals surface area contributed by atoms with E-state index in [0.29, 0.717) is 0 Å². The SMILES string of the molecule is CN=C(SC)N1CCN(c2ccc([N+](=O)[O-])cc2)CC1.I. The van der Waals surface area contributed by atoms with Gasteiger partial charge in [0.1, 0.15) is 0 Å². The number of nitrogens with zero attached hydrogens (tertiary/aromatic N) is 4. The number of thioether (sulfide) groups is 1. The number of amidine groups is 1. The Morgan fingerprint density at radius 1 is 1.24 bits per heavy atom. The van der Waals surface area contributed by atoms with E-state index in [2.05, 4.69) is 14.8 Å². The summed E-state index contributed by atoms with van der Waals surface area (Å²) in [5.41, 5.74) is 1.17. The molecule has 6 nitrogen and oxygen atoms in total. The van der Waals surface area contributed by atoms with Crippen LogP contribution in [0.15, 0.2) is 29.3 Å². The average Bonchev–Trinajstić information content (AvgIpc) is 2.49. The Bertz CT molecular complexity index is 501. The number of aliphatic imine (C=N–C) groups is 1. The number of nitro benzene ring substituents is 1. The second-order valence-electron chi connectivity index (χ2n) is 4.46. The molecular formula is C13H19IN4O2S. The summed E-state index contributed by atoms with van der Waals surface area (Å²) < 4.78 is 0. The highest BCUT2D eigenvalue weighted by atomic mass is 127. The van der Waals surface area contributed by atoms with Crippen molar-refractivity contribution >= 4 is 52.3 Å². The van der Waals surface area contributed by atoms with Crippen LogP contribution in [-0.2, 0) is 0 Å². The number of benzene rings is 1. The van der Waals surface area contributed by atoms with E-state index in [-0.39, 0.29) is 34.6 Å². The predicted octanol–water partition coefficient (Wildman–Crippen LogP) is 2.68. The Labute approximate surface area is 145 Å². The zero-order valence-corrected chi connectivity index (χ0v) is 15.2. The van der Waals surface area contributed by atoms with Gasteiger partial charge in [-0.25, -0.2) is 0 Å². The molecular weight excluding hydrogens is 403 g/mol. The Balaban J connectivity index is 0.00000220. The molecule has 2 rings (SSSR count). The van der Waals surface area contributed by atoms with E-state index in [9.17, 15) is 10.1 Å². The van der Waals surface area contributed by atoms with E-state index in [1.165, 1.54) is 0 Å². The van der Waals surface area contributed by atoms with Gasteiger partial charge in [0.05, 0.1) is 4.92 Å². The van der Waals surface area contributed by atoms with Crippen LogP contribution in [-0.4, -0.2) is 54.5 Å². The van der Waals surface area contributed by atoms with Gasteiger partial charge in [0.15, 0.2) is 5.17 Å². The maximum Gasteiger partial charge on any atom is 0.269 e.